The lowest BCUT2D eigenvalue weighted by molar-refractivity contribution is 0.256. The van der Waals surface area contributed by atoms with Gasteiger partial charge < -0.3 is 16.3 Å². The van der Waals surface area contributed by atoms with Gasteiger partial charge in [-0.3, -0.25) is 0 Å². The smallest absolute Gasteiger partial charge is 0.139 e. The van der Waals surface area contributed by atoms with E-state index < -0.39 is 0 Å². The number of nitrogens with two attached hydrogens (primary N) is 1. The summed E-state index contributed by atoms with van der Waals surface area (Å²) < 4.78 is 0. The van der Waals surface area contributed by atoms with Crippen LogP contribution in [0, 0.1) is 5.92 Å². The van der Waals surface area contributed by atoms with Crippen LogP contribution in [0.1, 0.15) is 51.9 Å². The molecule has 1 aliphatic rings. The summed E-state index contributed by atoms with van der Waals surface area (Å²) in [5.41, 5.74) is 5.42. The number of amidine groups is 1. The van der Waals surface area contributed by atoms with E-state index in [-0.39, 0.29) is 0 Å². The minimum atomic E-state index is 0.331. The second-order valence-corrected chi connectivity index (χ2v) is 4.71. The van der Waals surface area contributed by atoms with Crippen LogP contribution in [0.4, 0.5) is 0 Å². The van der Waals surface area contributed by atoms with Crippen LogP contribution in [-0.4, -0.2) is 23.6 Å². The van der Waals surface area contributed by atoms with Gasteiger partial charge in [0.1, 0.15) is 5.84 Å². The maximum absolute atomic E-state index is 8.41. The molecule has 2 unspecified atom stereocenters. The van der Waals surface area contributed by atoms with Crippen LogP contribution in [0.5, 0.6) is 0 Å². The van der Waals surface area contributed by atoms with Gasteiger partial charge in [0.15, 0.2) is 0 Å². The lowest BCUT2D eigenvalue weighted by Crippen LogP contribution is -2.39. The first kappa shape index (κ1) is 13.3. The second-order valence-electron chi connectivity index (χ2n) is 4.71. The molecule has 0 aromatic rings. The van der Waals surface area contributed by atoms with Gasteiger partial charge in [0.05, 0.1) is 0 Å². The van der Waals surface area contributed by atoms with Crippen LogP contribution in [0.25, 0.3) is 0 Å². The molecule has 4 N–H and O–H groups in total. The van der Waals surface area contributed by atoms with E-state index in [1.807, 2.05) is 0 Å². The Morgan fingerprint density at radius 2 is 2.19 bits per heavy atom. The molecule has 16 heavy (non-hydrogen) atoms. The van der Waals surface area contributed by atoms with Crippen molar-refractivity contribution >= 4 is 5.84 Å². The van der Waals surface area contributed by atoms with E-state index in [1.54, 1.807) is 0 Å². The third-order valence-corrected chi connectivity index (χ3v) is 3.58. The van der Waals surface area contributed by atoms with Crippen LogP contribution in [0.2, 0.25) is 0 Å². The molecule has 0 saturated heterocycles. The number of oxime groups is 1. The predicted octanol–water partition coefficient (Wildman–Crippen LogP) is 2.07. The molecule has 0 bridgehead atoms. The van der Waals surface area contributed by atoms with Gasteiger partial charge in [0.25, 0.3) is 0 Å². The predicted molar refractivity (Wildman–Crippen MR) is 66.7 cm³/mol. The molecule has 94 valence electrons. The Morgan fingerprint density at radius 1 is 1.44 bits per heavy atom. The summed E-state index contributed by atoms with van der Waals surface area (Å²) >= 11 is 0. The van der Waals surface area contributed by atoms with E-state index in [0.717, 1.165) is 18.9 Å². The zero-order valence-corrected chi connectivity index (χ0v) is 10.3. The molecular weight excluding hydrogens is 202 g/mol. The van der Waals surface area contributed by atoms with Crippen molar-refractivity contribution in [3.8, 4) is 0 Å². The fourth-order valence-electron chi connectivity index (χ4n) is 2.57. The monoisotopic (exact) mass is 227 g/mol. The second kappa shape index (κ2) is 7.49. The molecule has 1 aliphatic carbocycles. The van der Waals surface area contributed by atoms with E-state index in [2.05, 4.69) is 17.4 Å². The summed E-state index contributed by atoms with van der Waals surface area (Å²) in [6, 6.07) is 0.686. The van der Waals surface area contributed by atoms with E-state index in [0.29, 0.717) is 18.3 Å². The number of hydrogen-bond donors (Lipinski definition) is 3. The zero-order valence-electron chi connectivity index (χ0n) is 10.3. The molecule has 0 radical (unpaired) electrons. The number of rotatable bonds is 6. The van der Waals surface area contributed by atoms with Crippen molar-refractivity contribution in [1.82, 2.24) is 5.32 Å². The fraction of sp³-hybridized carbons (Fsp3) is 0.917. The average molecular weight is 227 g/mol. The van der Waals surface area contributed by atoms with Gasteiger partial charge in [0.2, 0.25) is 0 Å². The molecule has 1 fully saturated rings. The summed E-state index contributed by atoms with van der Waals surface area (Å²) in [6.07, 6.45) is 8.32. The van der Waals surface area contributed by atoms with Crippen molar-refractivity contribution in [2.45, 2.75) is 57.9 Å². The summed E-state index contributed by atoms with van der Waals surface area (Å²) in [5, 5.41) is 15.0. The standard InChI is InChI=1S/C12H25N3O/c1-2-10-6-3-4-7-11(10)14-9-5-8-12(13)15-16/h10-11,14,16H,2-9H2,1H3,(H2,13,15). The van der Waals surface area contributed by atoms with Gasteiger partial charge >= 0.3 is 0 Å². The Kier molecular flexibility index (Phi) is 6.23. The van der Waals surface area contributed by atoms with Crippen molar-refractivity contribution in [2.24, 2.45) is 16.8 Å². The first-order valence-corrected chi connectivity index (χ1v) is 6.47. The highest BCUT2D eigenvalue weighted by atomic mass is 16.4. The largest absolute Gasteiger partial charge is 0.409 e. The highest BCUT2D eigenvalue weighted by molar-refractivity contribution is 5.79. The minimum Gasteiger partial charge on any atom is -0.409 e. The van der Waals surface area contributed by atoms with Gasteiger partial charge in [-0.15, -0.1) is 0 Å². The molecule has 0 aromatic carbocycles. The lowest BCUT2D eigenvalue weighted by atomic mass is 9.83. The Labute approximate surface area is 98.3 Å². The van der Waals surface area contributed by atoms with E-state index >= 15 is 0 Å². The Morgan fingerprint density at radius 3 is 2.88 bits per heavy atom. The van der Waals surface area contributed by atoms with Crippen molar-refractivity contribution in [2.75, 3.05) is 6.54 Å². The lowest BCUT2D eigenvalue weighted by Gasteiger charge is -2.31. The topological polar surface area (TPSA) is 70.6 Å². The summed E-state index contributed by atoms with van der Waals surface area (Å²) in [7, 11) is 0. The van der Waals surface area contributed by atoms with E-state index in [4.69, 9.17) is 10.9 Å². The molecule has 4 heteroatoms. The molecule has 1 saturated carbocycles. The Bertz CT molecular complexity index is 218. The summed E-state index contributed by atoms with van der Waals surface area (Å²) in [4.78, 5) is 0. The normalized spacial score (nSPS) is 26.9. The number of nitrogens with zero attached hydrogens (tertiary/aromatic N) is 1. The molecule has 0 aliphatic heterocycles. The summed E-state index contributed by atoms with van der Waals surface area (Å²) in [5.74, 6) is 1.18. The molecule has 2 atom stereocenters. The van der Waals surface area contributed by atoms with Crippen LogP contribution < -0.4 is 11.1 Å². The van der Waals surface area contributed by atoms with Crippen LogP contribution in [0.3, 0.4) is 0 Å². The van der Waals surface area contributed by atoms with Gasteiger partial charge in [0, 0.05) is 12.5 Å². The first-order valence-electron chi connectivity index (χ1n) is 6.47. The van der Waals surface area contributed by atoms with Gasteiger partial charge in [-0.25, -0.2) is 0 Å². The Hall–Kier alpha value is -0.770. The van der Waals surface area contributed by atoms with Gasteiger partial charge in [-0.1, -0.05) is 31.3 Å². The van der Waals surface area contributed by atoms with Gasteiger partial charge in [-0.2, -0.15) is 0 Å². The van der Waals surface area contributed by atoms with E-state index in [9.17, 15) is 0 Å². The molecule has 0 heterocycles. The maximum atomic E-state index is 8.41. The first-order chi connectivity index (χ1) is 7.77. The molecular formula is C12H25N3O. The van der Waals surface area contributed by atoms with Crippen LogP contribution in [-0.2, 0) is 0 Å². The average Bonchev–Trinajstić information content (AvgIpc) is 2.34. The fourth-order valence-corrected chi connectivity index (χ4v) is 2.57. The van der Waals surface area contributed by atoms with Crippen LogP contribution >= 0.6 is 0 Å². The zero-order chi connectivity index (χ0) is 11.8. The molecule has 0 aromatic heterocycles. The Balaban J connectivity index is 2.15. The highest BCUT2D eigenvalue weighted by Crippen LogP contribution is 2.26. The van der Waals surface area contributed by atoms with E-state index in [1.165, 1.54) is 32.1 Å². The number of hydrogen-bond acceptors (Lipinski definition) is 3. The van der Waals surface area contributed by atoms with Gasteiger partial charge in [-0.05, 0) is 31.7 Å². The number of nitrogens with one attached hydrogen (secondary N) is 1. The quantitative estimate of drug-likeness (QED) is 0.214. The van der Waals surface area contributed by atoms with Crippen LogP contribution in [0.15, 0.2) is 5.16 Å². The SMILES string of the molecule is CCC1CCCCC1NCCCC(N)=NO. The van der Waals surface area contributed by atoms with Crippen molar-refractivity contribution in [3.63, 3.8) is 0 Å². The minimum absolute atomic E-state index is 0.331. The van der Waals surface area contributed by atoms with Crippen molar-refractivity contribution in [1.29, 1.82) is 0 Å². The summed E-state index contributed by atoms with van der Waals surface area (Å²) in [6.45, 7) is 3.25. The third-order valence-electron chi connectivity index (χ3n) is 3.58. The molecule has 0 spiro atoms. The van der Waals surface area contributed by atoms with Crippen molar-refractivity contribution < 1.29 is 5.21 Å². The van der Waals surface area contributed by atoms with Crippen molar-refractivity contribution in [3.05, 3.63) is 0 Å². The maximum Gasteiger partial charge on any atom is 0.139 e. The molecule has 1 rings (SSSR count). The highest BCUT2D eigenvalue weighted by Gasteiger charge is 2.22. The molecule has 0 amide bonds. The molecule has 4 nitrogen and oxygen atoms in total. The third kappa shape index (κ3) is 4.39.